The average Bonchev–Trinajstić information content (AvgIpc) is 2.47. The monoisotopic (exact) mass is 291 g/mol. The van der Waals surface area contributed by atoms with E-state index in [2.05, 4.69) is 12.1 Å². The molecule has 0 radical (unpaired) electrons. The molecule has 1 atom stereocenters. The van der Waals surface area contributed by atoms with Crippen LogP contribution in [0.5, 0.6) is 5.75 Å². The largest absolute Gasteiger partial charge is 0.493 e. The fraction of sp³-hybridized carbons (Fsp3) is 0.588. The first-order chi connectivity index (χ1) is 10.0. The molecule has 4 heteroatoms. The minimum absolute atomic E-state index is 0.345. The molecule has 0 fully saturated rings. The van der Waals surface area contributed by atoms with Gasteiger partial charge in [0.15, 0.2) is 0 Å². The number of fused-ring (bicyclic) bond motifs is 1. The molecule has 2 rings (SSSR count). The van der Waals surface area contributed by atoms with Crippen LogP contribution in [0.25, 0.3) is 0 Å². The predicted molar refractivity (Wildman–Crippen MR) is 82.4 cm³/mol. The topological polar surface area (TPSA) is 61.5 Å². The summed E-state index contributed by atoms with van der Waals surface area (Å²) in [6.45, 7) is 4.21. The van der Waals surface area contributed by atoms with Gasteiger partial charge in [0.1, 0.15) is 11.3 Å². The summed E-state index contributed by atoms with van der Waals surface area (Å²) in [4.78, 5) is 11.7. The highest BCUT2D eigenvalue weighted by Gasteiger charge is 2.29. The van der Waals surface area contributed by atoms with Crippen molar-refractivity contribution in [1.82, 2.24) is 0 Å². The first-order valence-electron chi connectivity index (χ1n) is 7.73. The van der Waals surface area contributed by atoms with E-state index in [1.54, 1.807) is 13.8 Å². The Bertz CT molecular complexity index is 497. The van der Waals surface area contributed by atoms with Crippen molar-refractivity contribution in [3.63, 3.8) is 0 Å². The maximum absolute atomic E-state index is 11.7. The highest BCUT2D eigenvalue weighted by Crippen LogP contribution is 2.25. The molecule has 4 nitrogen and oxygen atoms in total. The Balaban J connectivity index is 1.87. The Labute approximate surface area is 126 Å². The molecule has 0 amide bonds. The van der Waals surface area contributed by atoms with E-state index in [0.29, 0.717) is 19.6 Å². The van der Waals surface area contributed by atoms with Crippen LogP contribution in [0.1, 0.15) is 44.2 Å². The van der Waals surface area contributed by atoms with E-state index < -0.39 is 5.54 Å². The van der Waals surface area contributed by atoms with Crippen molar-refractivity contribution >= 4 is 5.97 Å². The standard InChI is InChI=1S/C17H25NO3/c1-3-20-16(19)17(2,18)10-11-21-15-9-8-13-6-4-5-7-14(13)12-15/h8-9,12H,3-7,10-11,18H2,1-2H3. The summed E-state index contributed by atoms with van der Waals surface area (Å²) in [5, 5.41) is 0. The fourth-order valence-corrected chi connectivity index (χ4v) is 2.58. The second-order valence-corrected chi connectivity index (χ2v) is 5.87. The molecular formula is C17H25NO3. The Morgan fingerprint density at radius 3 is 2.71 bits per heavy atom. The van der Waals surface area contributed by atoms with Gasteiger partial charge in [-0.25, -0.2) is 0 Å². The molecule has 0 heterocycles. The maximum Gasteiger partial charge on any atom is 0.325 e. The van der Waals surface area contributed by atoms with Crippen molar-refractivity contribution in [2.75, 3.05) is 13.2 Å². The smallest absolute Gasteiger partial charge is 0.325 e. The van der Waals surface area contributed by atoms with Crippen LogP contribution in [0.2, 0.25) is 0 Å². The molecule has 116 valence electrons. The molecule has 0 bridgehead atoms. The molecule has 1 aromatic rings. The number of carbonyl (C=O) groups is 1. The zero-order valence-corrected chi connectivity index (χ0v) is 13.0. The van der Waals surface area contributed by atoms with E-state index in [1.807, 2.05) is 6.07 Å². The van der Waals surface area contributed by atoms with Crippen molar-refractivity contribution in [1.29, 1.82) is 0 Å². The predicted octanol–water partition coefficient (Wildman–Crippen LogP) is 2.61. The number of carbonyl (C=O) groups excluding carboxylic acids is 1. The molecule has 0 saturated heterocycles. The van der Waals surface area contributed by atoms with Gasteiger partial charge in [0.25, 0.3) is 0 Å². The summed E-state index contributed by atoms with van der Waals surface area (Å²) in [5.74, 6) is 0.481. The summed E-state index contributed by atoms with van der Waals surface area (Å²) in [6.07, 6.45) is 5.25. The van der Waals surface area contributed by atoms with Gasteiger partial charge >= 0.3 is 5.97 Å². The fourth-order valence-electron chi connectivity index (χ4n) is 2.58. The van der Waals surface area contributed by atoms with Gasteiger partial charge in [0.05, 0.1) is 13.2 Å². The normalized spacial score (nSPS) is 16.7. The number of hydrogen-bond donors (Lipinski definition) is 1. The summed E-state index contributed by atoms with van der Waals surface area (Å²) < 4.78 is 10.7. The van der Waals surface area contributed by atoms with Crippen LogP contribution in [0.15, 0.2) is 18.2 Å². The van der Waals surface area contributed by atoms with Gasteiger partial charge in [-0.15, -0.1) is 0 Å². The summed E-state index contributed by atoms with van der Waals surface area (Å²) in [5.41, 5.74) is 7.79. The minimum atomic E-state index is -0.996. The van der Waals surface area contributed by atoms with Gasteiger partial charge in [0.2, 0.25) is 0 Å². The van der Waals surface area contributed by atoms with Gasteiger partial charge in [-0.3, -0.25) is 4.79 Å². The Hall–Kier alpha value is -1.55. The number of benzene rings is 1. The van der Waals surface area contributed by atoms with Gasteiger partial charge in [0, 0.05) is 6.42 Å². The van der Waals surface area contributed by atoms with Crippen LogP contribution in [-0.4, -0.2) is 24.7 Å². The van der Waals surface area contributed by atoms with Gasteiger partial charge in [-0.05, 0) is 62.8 Å². The Kier molecular flexibility index (Phi) is 5.23. The Morgan fingerprint density at radius 2 is 2.00 bits per heavy atom. The lowest BCUT2D eigenvalue weighted by atomic mass is 9.92. The maximum atomic E-state index is 11.7. The van der Waals surface area contributed by atoms with E-state index in [4.69, 9.17) is 15.2 Å². The van der Waals surface area contributed by atoms with Crippen molar-refractivity contribution < 1.29 is 14.3 Å². The second-order valence-electron chi connectivity index (χ2n) is 5.87. The molecule has 0 saturated carbocycles. The number of aryl methyl sites for hydroxylation is 2. The lowest BCUT2D eigenvalue weighted by Gasteiger charge is -2.22. The highest BCUT2D eigenvalue weighted by molar-refractivity contribution is 5.79. The van der Waals surface area contributed by atoms with Gasteiger partial charge in [-0.1, -0.05) is 6.07 Å². The number of nitrogens with two attached hydrogens (primary N) is 1. The number of esters is 1. The lowest BCUT2D eigenvalue weighted by Crippen LogP contribution is -2.47. The summed E-state index contributed by atoms with van der Waals surface area (Å²) in [7, 11) is 0. The quantitative estimate of drug-likeness (QED) is 0.818. The summed E-state index contributed by atoms with van der Waals surface area (Å²) in [6, 6.07) is 6.27. The van der Waals surface area contributed by atoms with Gasteiger partial charge < -0.3 is 15.2 Å². The molecule has 21 heavy (non-hydrogen) atoms. The molecule has 0 spiro atoms. The van der Waals surface area contributed by atoms with Crippen LogP contribution in [-0.2, 0) is 22.4 Å². The van der Waals surface area contributed by atoms with Crippen LogP contribution in [0.3, 0.4) is 0 Å². The minimum Gasteiger partial charge on any atom is -0.493 e. The van der Waals surface area contributed by atoms with Crippen LogP contribution in [0, 0.1) is 0 Å². The van der Waals surface area contributed by atoms with E-state index in [-0.39, 0.29) is 5.97 Å². The van der Waals surface area contributed by atoms with Gasteiger partial charge in [-0.2, -0.15) is 0 Å². The SMILES string of the molecule is CCOC(=O)C(C)(N)CCOc1ccc2c(c1)CCCC2. The molecular weight excluding hydrogens is 266 g/mol. The zero-order valence-electron chi connectivity index (χ0n) is 13.0. The number of hydrogen-bond acceptors (Lipinski definition) is 4. The number of ether oxygens (including phenoxy) is 2. The van der Waals surface area contributed by atoms with Crippen molar-refractivity contribution in [3.05, 3.63) is 29.3 Å². The first kappa shape index (κ1) is 15.8. The van der Waals surface area contributed by atoms with Crippen molar-refractivity contribution in [2.24, 2.45) is 5.73 Å². The molecule has 1 aliphatic rings. The number of rotatable bonds is 6. The Morgan fingerprint density at radius 1 is 1.29 bits per heavy atom. The average molecular weight is 291 g/mol. The summed E-state index contributed by atoms with van der Waals surface area (Å²) >= 11 is 0. The third kappa shape index (κ3) is 4.21. The molecule has 2 N–H and O–H groups in total. The van der Waals surface area contributed by atoms with E-state index >= 15 is 0 Å². The molecule has 1 aliphatic carbocycles. The van der Waals surface area contributed by atoms with Crippen molar-refractivity contribution in [2.45, 2.75) is 51.5 Å². The lowest BCUT2D eigenvalue weighted by molar-refractivity contribution is -0.149. The van der Waals surface area contributed by atoms with E-state index in [1.165, 1.54) is 30.4 Å². The van der Waals surface area contributed by atoms with E-state index in [0.717, 1.165) is 12.2 Å². The van der Waals surface area contributed by atoms with Crippen LogP contribution in [0.4, 0.5) is 0 Å². The van der Waals surface area contributed by atoms with E-state index in [9.17, 15) is 4.79 Å². The second kappa shape index (κ2) is 6.94. The third-order valence-electron chi connectivity index (χ3n) is 3.95. The molecule has 0 aliphatic heterocycles. The molecule has 1 aromatic carbocycles. The zero-order chi connectivity index (χ0) is 15.3. The first-order valence-corrected chi connectivity index (χ1v) is 7.73. The van der Waals surface area contributed by atoms with Crippen LogP contribution < -0.4 is 10.5 Å². The van der Waals surface area contributed by atoms with Crippen molar-refractivity contribution in [3.8, 4) is 5.75 Å². The highest BCUT2D eigenvalue weighted by atomic mass is 16.5. The molecule has 1 unspecified atom stereocenters. The van der Waals surface area contributed by atoms with Crippen LogP contribution >= 0.6 is 0 Å². The third-order valence-corrected chi connectivity index (χ3v) is 3.95. The molecule has 0 aromatic heterocycles.